The van der Waals surface area contributed by atoms with Gasteiger partial charge in [0.2, 0.25) is 21.8 Å². The molecule has 0 fully saturated rings. The van der Waals surface area contributed by atoms with E-state index in [0.717, 1.165) is 23.1 Å². The number of benzene rings is 2. The first-order valence-electron chi connectivity index (χ1n) is 12.7. The van der Waals surface area contributed by atoms with Gasteiger partial charge in [-0.05, 0) is 68.4 Å². The lowest BCUT2D eigenvalue weighted by Crippen LogP contribution is -2.50. The first kappa shape index (κ1) is 29.4. The van der Waals surface area contributed by atoms with Crippen LogP contribution in [0.3, 0.4) is 0 Å². The molecule has 0 unspecified atom stereocenters. The van der Waals surface area contributed by atoms with Crippen molar-refractivity contribution in [1.82, 2.24) is 10.2 Å². The summed E-state index contributed by atoms with van der Waals surface area (Å²) in [7, 11) is -3.52. The van der Waals surface area contributed by atoms with Gasteiger partial charge >= 0.3 is 0 Å². The van der Waals surface area contributed by atoms with Gasteiger partial charge in [0.1, 0.15) is 6.04 Å². The maximum Gasteiger partial charge on any atom is 0.242 e. The number of rotatable bonds is 14. The van der Waals surface area contributed by atoms with Crippen molar-refractivity contribution < 1.29 is 18.0 Å². The third kappa shape index (κ3) is 8.97. The summed E-state index contributed by atoms with van der Waals surface area (Å²) in [6, 6.07) is 15.0. The molecule has 1 atom stereocenters. The molecular formula is C28H41N3O4S. The van der Waals surface area contributed by atoms with Crippen LogP contribution in [0.15, 0.2) is 48.5 Å². The lowest BCUT2D eigenvalue weighted by atomic mass is 10.1. The minimum absolute atomic E-state index is 0.140. The van der Waals surface area contributed by atoms with Crippen LogP contribution in [0.4, 0.5) is 5.69 Å². The zero-order valence-electron chi connectivity index (χ0n) is 22.3. The van der Waals surface area contributed by atoms with Gasteiger partial charge in [-0.15, -0.1) is 0 Å². The van der Waals surface area contributed by atoms with E-state index in [1.165, 1.54) is 10.6 Å². The summed E-state index contributed by atoms with van der Waals surface area (Å²) in [4.78, 5) is 27.9. The number of hydrogen-bond acceptors (Lipinski definition) is 4. The van der Waals surface area contributed by atoms with Gasteiger partial charge in [-0.2, -0.15) is 0 Å². The Morgan fingerprint density at radius 3 is 2.17 bits per heavy atom. The van der Waals surface area contributed by atoms with Gasteiger partial charge in [-0.25, -0.2) is 8.42 Å². The number of carbonyl (C=O) groups is 2. The number of anilines is 1. The fourth-order valence-corrected chi connectivity index (χ4v) is 5.31. The second-order valence-electron chi connectivity index (χ2n) is 9.32. The van der Waals surface area contributed by atoms with Crippen molar-refractivity contribution in [3.8, 4) is 0 Å². The number of nitrogens with zero attached hydrogens (tertiary/aromatic N) is 2. The largest absolute Gasteiger partial charge is 0.354 e. The Bertz CT molecular complexity index is 1080. The van der Waals surface area contributed by atoms with Crippen molar-refractivity contribution in [3.05, 3.63) is 65.2 Å². The highest BCUT2D eigenvalue weighted by atomic mass is 32.2. The van der Waals surface area contributed by atoms with Gasteiger partial charge in [0.15, 0.2) is 0 Å². The molecule has 7 nitrogen and oxygen atoms in total. The summed E-state index contributed by atoms with van der Waals surface area (Å²) in [5.41, 5.74) is 3.65. The Balaban J connectivity index is 2.16. The number of amides is 2. The van der Waals surface area contributed by atoms with Crippen LogP contribution in [0, 0.1) is 13.8 Å². The fourth-order valence-electron chi connectivity index (χ4n) is 4.36. The number of nitrogens with one attached hydrogen (secondary N) is 1. The SMILES string of the molecule is CCCNC(=O)[C@H](CC)N(CCc1ccccc1)C(=O)CCCN(c1cc(C)cc(C)c1)S(C)(=O)=O. The smallest absolute Gasteiger partial charge is 0.242 e. The molecule has 2 rings (SSSR count). The summed E-state index contributed by atoms with van der Waals surface area (Å²) in [6.07, 6.45) is 3.66. The third-order valence-corrected chi connectivity index (χ3v) is 7.26. The summed E-state index contributed by atoms with van der Waals surface area (Å²) in [5.74, 6) is -0.285. The molecule has 0 saturated carbocycles. The standard InChI is InChI=1S/C28H41N3O4S/c1-6-16-29-28(33)26(7-2)30(18-15-24-12-9-8-10-13-24)27(32)14-11-17-31(36(5,34)35)25-20-22(3)19-23(4)21-25/h8-10,12-13,19-21,26H,6-7,11,14-18H2,1-5H3,(H,29,33)/t26-/m0/s1. The van der Waals surface area contributed by atoms with Crippen LogP contribution in [0.25, 0.3) is 0 Å². The predicted octanol–water partition coefficient (Wildman–Crippen LogP) is 4.23. The minimum atomic E-state index is -3.52. The lowest BCUT2D eigenvalue weighted by molar-refractivity contribution is -0.140. The second kappa shape index (κ2) is 14.0. The number of sulfonamides is 1. The van der Waals surface area contributed by atoms with Gasteiger partial charge in [0.25, 0.3) is 0 Å². The molecule has 1 N–H and O–H groups in total. The lowest BCUT2D eigenvalue weighted by Gasteiger charge is -2.31. The summed E-state index contributed by atoms with van der Waals surface area (Å²) >= 11 is 0. The third-order valence-electron chi connectivity index (χ3n) is 6.07. The van der Waals surface area contributed by atoms with Crippen LogP contribution in [0.1, 0.15) is 56.2 Å². The van der Waals surface area contributed by atoms with Gasteiger partial charge < -0.3 is 10.2 Å². The monoisotopic (exact) mass is 515 g/mol. The van der Waals surface area contributed by atoms with Gasteiger partial charge in [0.05, 0.1) is 11.9 Å². The molecular weight excluding hydrogens is 474 g/mol. The fraction of sp³-hybridized carbons (Fsp3) is 0.500. The minimum Gasteiger partial charge on any atom is -0.354 e. The average molecular weight is 516 g/mol. The highest BCUT2D eigenvalue weighted by Crippen LogP contribution is 2.22. The van der Waals surface area contributed by atoms with E-state index in [2.05, 4.69) is 5.32 Å². The van der Waals surface area contributed by atoms with Crippen LogP contribution < -0.4 is 9.62 Å². The van der Waals surface area contributed by atoms with Crippen LogP contribution in [0.5, 0.6) is 0 Å². The molecule has 2 amide bonds. The van der Waals surface area contributed by atoms with E-state index in [0.29, 0.717) is 38.0 Å². The Morgan fingerprint density at radius 2 is 1.61 bits per heavy atom. The number of carbonyl (C=O) groups excluding carboxylic acids is 2. The summed E-state index contributed by atoms with van der Waals surface area (Å²) in [5, 5.41) is 2.92. The first-order chi connectivity index (χ1) is 17.1. The van der Waals surface area contributed by atoms with Gasteiger partial charge in [-0.3, -0.25) is 13.9 Å². The van der Waals surface area contributed by atoms with E-state index < -0.39 is 16.1 Å². The van der Waals surface area contributed by atoms with Crippen molar-refractivity contribution in [3.63, 3.8) is 0 Å². The van der Waals surface area contributed by atoms with Crippen LogP contribution >= 0.6 is 0 Å². The Hall–Kier alpha value is -2.87. The van der Waals surface area contributed by atoms with Crippen molar-refractivity contribution in [2.24, 2.45) is 0 Å². The Kier molecular flexibility index (Phi) is 11.4. The van der Waals surface area contributed by atoms with Crippen molar-refractivity contribution in [2.75, 3.05) is 30.2 Å². The van der Waals surface area contributed by atoms with Crippen molar-refractivity contribution in [2.45, 2.75) is 65.8 Å². The van der Waals surface area contributed by atoms with Crippen molar-refractivity contribution in [1.29, 1.82) is 0 Å². The Labute approximate surface area is 216 Å². The van der Waals surface area contributed by atoms with E-state index >= 15 is 0 Å². The van der Waals surface area contributed by atoms with Crippen LogP contribution in [-0.2, 0) is 26.0 Å². The topological polar surface area (TPSA) is 86.8 Å². The molecule has 0 aliphatic heterocycles. The number of hydrogen-bond donors (Lipinski definition) is 1. The molecule has 0 aliphatic rings. The molecule has 0 aromatic heterocycles. The molecule has 2 aromatic carbocycles. The van der Waals surface area contributed by atoms with Crippen LogP contribution in [0.2, 0.25) is 0 Å². The molecule has 2 aromatic rings. The van der Waals surface area contributed by atoms with Crippen molar-refractivity contribution >= 4 is 27.5 Å². The molecule has 198 valence electrons. The highest BCUT2D eigenvalue weighted by molar-refractivity contribution is 7.92. The molecule has 0 saturated heterocycles. The molecule has 8 heteroatoms. The van der Waals surface area contributed by atoms with Crippen LogP contribution in [-0.4, -0.2) is 57.1 Å². The molecule has 0 heterocycles. The molecule has 36 heavy (non-hydrogen) atoms. The second-order valence-corrected chi connectivity index (χ2v) is 11.2. The molecule has 0 radical (unpaired) electrons. The average Bonchev–Trinajstić information content (AvgIpc) is 2.81. The zero-order valence-corrected chi connectivity index (χ0v) is 23.1. The molecule has 0 bridgehead atoms. The van der Waals surface area contributed by atoms with Gasteiger partial charge in [0, 0.05) is 26.1 Å². The maximum atomic E-state index is 13.4. The first-order valence-corrected chi connectivity index (χ1v) is 14.6. The Morgan fingerprint density at radius 1 is 0.972 bits per heavy atom. The summed E-state index contributed by atoms with van der Waals surface area (Å²) < 4.78 is 26.5. The van der Waals surface area contributed by atoms with Gasteiger partial charge in [-0.1, -0.05) is 50.2 Å². The zero-order chi connectivity index (χ0) is 26.7. The molecule has 0 aliphatic carbocycles. The summed E-state index contributed by atoms with van der Waals surface area (Å²) in [6.45, 7) is 8.94. The predicted molar refractivity (Wildman–Crippen MR) is 147 cm³/mol. The highest BCUT2D eigenvalue weighted by Gasteiger charge is 2.28. The maximum absolute atomic E-state index is 13.4. The van der Waals surface area contributed by atoms with E-state index in [4.69, 9.17) is 0 Å². The quantitative estimate of drug-likeness (QED) is 0.408. The van der Waals surface area contributed by atoms with E-state index in [1.54, 1.807) is 4.90 Å². The van der Waals surface area contributed by atoms with E-state index in [-0.39, 0.29) is 24.8 Å². The number of aryl methyl sites for hydroxylation is 2. The van der Waals surface area contributed by atoms with E-state index in [1.807, 2.05) is 76.2 Å². The van der Waals surface area contributed by atoms with E-state index in [9.17, 15) is 18.0 Å². The normalized spacial score (nSPS) is 12.1. The molecule has 0 spiro atoms.